The maximum absolute atomic E-state index is 5.32. The Balaban J connectivity index is 1.63. The molecule has 19 heavy (non-hydrogen) atoms. The zero-order chi connectivity index (χ0) is 13.1. The van der Waals surface area contributed by atoms with E-state index in [9.17, 15) is 0 Å². The Morgan fingerprint density at radius 1 is 1.42 bits per heavy atom. The van der Waals surface area contributed by atoms with Crippen molar-refractivity contribution >= 4 is 27.7 Å². The zero-order valence-corrected chi connectivity index (χ0v) is 12.7. The lowest BCUT2D eigenvalue weighted by Crippen LogP contribution is -2.13. The van der Waals surface area contributed by atoms with Crippen LogP contribution in [0.25, 0.3) is 0 Å². The van der Waals surface area contributed by atoms with Crippen LogP contribution in [0.3, 0.4) is 0 Å². The van der Waals surface area contributed by atoms with Gasteiger partial charge in [-0.1, -0.05) is 17.3 Å². The summed E-state index contributed by atoms with van der Waals surface area (Å²) in [6.45, 7) is 1.04. The molecule has 1 saturated heterocycles. The Morgan fingerprint density at radius 2 is 2.32 bits per heavy atom. The van der Waals surface area contributed by atoms with Crippen LogP contribution in [0.15, 0.2) is 38.2 Å². The van der Waals surface area contributed by atoms with Gasteiger partial charge in [-0.3, -0.25) is 0 Å². The van der Waals surface area contributed by atoms with Crippen molar-refractivity contribution in [1.82, 2.24) is 15.5 Å². The summed E-state index contributed by atoms with van der Waals surface area (Å²) in [6, 6.07) is 8.39. The first-order chi connectivity index (χ1) is 9.33. The van der Waals surface area contributed by atoms with Crippen molar-refractivity contribution in [3.63, 3.8) is 0 Å². The van der Waals surface area contributed by atoms with Gasteiger partial charge in [0.15, 0.2) is 5.82 Å². The number of nitrogens with zero attached hydrogens (tertiary/aromatic N) is 2. The van der Waals surface area contributed by atoms with E-state index in [4.69, 9.17) is 4.52 Å². The summed E-state index contributed by atoms with van der Waals surface area (Å²) in [4.78, 5) is 5.65. The minimum atomic E-state index is 0.245. The summed E-state index contributed by atoms with van der Waals surface area (Å²) in [5.41, 5.74) is 0. The monoisotopic (exact) mass is 339 g/mol. The van der Waals surface area contributed by atoms with Crippen LogP contribution in [0.5, 0.6) is 0 Å². The van der Waals surface area contributed by atoms with E-state index in [1.807, 2.05) is 18.2 Å². The minimum absolute atomic E-state index is 0.245. The third kappa shape index (κ3) is 3.19. The number of nitrogens with one attached hydrogen (secondary N) is 1. The molecule has 1 atom stereocenters. The molecule has 1 aliphatic rings. The van der Waals surface area contributed by atoms with E-state index in [-0.39, 0.29) is 6.04 Å². The highest BCUT2D eigenvalue weighted by Gasteiger charge is 2.22. The quantitative estimate of drug-likeness (QED) is 0.863. The average Bonchev–Trinajstić information content (AvgIpc) is 3.09. The van der Waals surface area contributed by atoms with Crippen molar-refractivity contribution in [2.24, 2.45) is 0 Å². The zero-order valence-electron chi connectivity index (χ0n) is 10.3. The number of halogens is 1. The topological polar surface area (TPSA) is 51.0 Å². The Morgan fingerprint density at radius 3 is 3.11 bits per heavy atom. The maximum atomic E-state index is 5.32. The number of thioether (sulfide) groups is 1. The molecule has 0 amide bonds. The van der Waals surface area contributed by atoms with Crippen LogP contribution >= 0.6 is 27.7 Å². The van der Waals surface area contributed by atoms with Gasteiger partial charge in [0.2, 0.25) is 5.89 Å². The molecule has 0 saturated carbocycles. The third-order valence-corrected chi connectivity index (χ3v) is 5.06. The summed E-state index contributed by atoms with van der Waals surface area (Å²) >= 11 is 5.24. The normalized spacial score (nSPS) is 18.9. The van der Waals surface area contributed by atoms with Crippen LogP contribution in [0.2, 0.25) is 0 Å². The van der Waals surface area contributed by atoms with E-state index in [1.165, 1.54) is 11.3 Å². The Labute approximate surface area is 124 Å². The fourth-order valence-corrected chi connectivity index (χ4v) is 3.48. The largest absolute Gasteiger partial charge is 0.338 e. The second-order valence-corrected chi connectivity index (χ2v) is 6.29. The Bertz CT molecular complexity index is 554. The highest BCUT2D eigenvalue weighted by atomic mass is 79.9. The summed E-state index contributed by atoms with van der Waals surface area (Å²) in [5, 5.41) is 7.40. The van der Waals surface area contributed by atoms with Crippen molar-refractivity contribution in [2.45, 2.75) is 29.5 Å². The van der Waals surface area contributed by atoms with Crippen molar-refractivity contribution < 1.29 is 4.52 Å². The van der Waals surface area contributed by atoms with E-state index >= 15 is 0 Å². The van der Waals surface area contributed by atoms with Gasteiger partial charge >= 0.3 is 0 Å². The predicted octanol–water partition coefficient (Wildman–Crippen LogP) is 3.55. The van der Waals surface area contributed by atoms with Crippen molar-refractivity contribution in [3.05, 3.63) is 40.5 Å². The summed E-state index contributed by atoms with van der Waals surface area (Å²) in [7, 11) is 0. The van der Waals surface area contributed by atoms with Crippen LogP contribution < -0.4 is 5.32 Å². The fourth-order valence-electron chi connectivity index (χ4n) is 2.07. The molecule has 1 fully saturated rings. The van der Waals surface area contributed by atoms with Gasteiger partial charge in [-0.05, 0) is 47.4 Å². The first-order valence-electron chi connectivity index (χ1n) is 6.26. The average molecular weight is 340 g/mol. The van der Waals surface area contributed by atoms with Crippen LogP contribution in [0.1, 0.15) is 30.6 Å². The Hall–Kier alpha value is -0.850. The molecule has 6 heteroatoms. The van der Waals surface area contributed by atoms with Crippen molar-refractivity contribution in [1.29, 1.82) is 0 Å². The van der Waals surface area contributed by atoms with Gasteiger partial charge in [0.1, 0.15) is 0 Å². The molecule has 1 N–H and O–H groups in total. The lowest BCUT2D eigenvalue weighted by molar-refractivity contribution is 0.342. The molecule has 100 valence electrons. The molecule has 2 aromatic rings. The molecule has 1 aromatic heterocycles. The number of rotatable bonds is 4. The predicted molar refractivity (Wildman–Crippen MR) is 78.0 cm³/mol. The molecule has 0 bridgehead atoms. The van der Waals surface area contributed by atoms with Gasteiger partial charge in [0.25, 0.3) is 0 Å². The van der Waals surface area contributed by atoms with Gasteiger partial charge in [0, 0.05) is 9.37 Å². The molecular formula is C13H14BrN3OS. The molecule has 0 aliphatic carbocycles. The molecular weight excluding hydrogens is 326 g/mol. The van der Waals surface area contributed by atoms with E-state index in [0.29, 0.717) is 0 Å². The lowest BCUT2D eigenvalue weighted by atomic mass is 10.2. The molecule has 1 aromatic carbocycles. The van der Waals surface area contributed by atoms with Gasteiger partial charge in [-0.2, -0.15) is 4.98 Å². The maximum Gasteiger partial charge on any atom is 0.243 e. The SMILES string of the molecule is Brc1ccccc1SCc1noc([C@H]2CCCN2)n1. The summed E-state index contributed by atoms with van der Waals surface area (Å²) in [6.07, 6.45) is 2.26. The first kappa shape index (κ1) is 13.1. The molecule has 2 heterocycles. The third-order valence-electron chi connectivity index (χ3n) is 3.04. The number of aromatic nitrogens is 2. The van der Waals surface area contributed by atoms with Gasteiger partial charge < -0.3 is 9.84 Å². The second-order valence-electron chi connectivity index (χ2n) is 4.42. The molecule has 4 nitrogen and oxygen atoms in total. The van der Waals surface area contributed by atoms with E-state index in [1.54, 1.807) is 11.8 Å². The van der Waals surface area contributed by atoms with E-state index in [0.717, 1.165) is 34.9 Å². The van der Waals surface area contributed by atoms with Gasteiger partial charge in [-0.25, -0.2) is 0 Å². The summed E-state index contributed by atoms with van der Waals surface area (Å²) in [5.74, 6) is 2.20. The molecule has 0 spiro atoms. The van der Waals surface area contributed by atoms with Crippen molar-refractivity contribution in [2.75, 3.05) is 6.54 Å². The van der Waals surface area contributed by atoms with Crippen LogP contribution in [0, 0.1) is 0 Å². The lowest BCUT2D eigenvalue weighted by Gasteiger charge is -2.02. The van der Waals surface area contributed by atoms with Crippen LogP contribution in [0.4, 0.5) is 0 Å². The van der Waals surface area contributed by atoms with Gasteiger partial charge in [0.05, 0.1) is 11.8 Å². The molecule has 1 aliphatic heterocycles. The standard InChI is InChI=1S/C13H14BrN3OS/c14-9-4-1-2-6-11(9)19-8-12-16-13(18-17-12)10-5-3-7-15-10/h1-2,4,6,10,15H,3,5,7-8H2/t10-/m1/s1. The number of benzene rings is 1. The second kappa shape index (κ2) is 6.07. The van der Waals surface area contributed by atoms with E-state index < -0.39 is 0 Å². The van der Waals surface area contributed by atoms with Gasteiger partial charge in [-0.15, -0.1) is 11.8 Å². The molecule has 3 rings (SSSR count). The van der Waals surface area contributed by atoms with Crippen molar-refractivity contribution in [3.8, 4) is 0 Å². The van der Waals surface area contributed by atoms with Crippen LogP contribution in [-0.4, -0.2) is 16.7 Å². The first-order valence-corrected chi connectivity index (χ1v) is 8.04. The highest BCUT2D eigenvalue weighted by Crippen LogP contribution is 2.29. The Kier molecular flexibility index (Phi) is 4.20. The fraction of sp³-hybridized carbons (Fsp3) is 0.385. The highest BCUT2D eigenvalue weighted by molar-refractivity contribution is 9.10. The number of hydrogen-bond acceptors (Lipinski definition) is 5. The smallest absolute Gasteiger partial charge is 0.243 e. The minimum Gasteiger partial charge on any atom is -0.338 e. The molecule has 0 unspecified atom stereocenters. The number of hydrogen-bond donors (Lipinski definition) is 1. The molecule has 0 radical (unpaired) electrons. The van der Waals surface area contributed by atoms with Crippen LogP contribution in [-0.2, 0) is 5.75 Å². The van der Waals surface area contributed by atoms with E-state index in [2.05, 4.69) is 37.5 Å². The summed E-state index contributed by atoms with van der Waals surface area (Å²) < 4.78 is 6.42.